The Bertz CT molecular complexity index is 1230. The predicted molar refractivity (Wildman–Crippen MR) is 121 cm³/mol. The van der Waals surface area contributed by atoms with Gasteiger partial charge in [-0.3, -0.25) is 14.3 Å². The molecule has 0 radical (unpaired) electrons. The number of rotatable bonds is 4. The number of carbonyl (C=O) groups excluding carboxylic acids is 1. The van der Waals surface area contributed by atoms with E-state index in [1.54, 1.807) is 6.20 Å². The zero-order valence-electron chi connectivity index (χ0n) is 17.4. The summed E-state index contributed by atoms with van der Waals surface area (Å²) in [7, 11) is 0. The number of aromatic nitrogens is 2. The molecule has 31 heavy (non-hydrogen) atoms. The third-order valence-electron chi connectivity index (χ3n) is 5.61. The second-order valence-corrected chi connectivity index (χ2v) is 7.63. The second kappa shape index (κ2) is 8.24. The van der Waals surface area contributed by atoms with Crippen LogP contribution in [0.2, 0.25) is 0 Å². The molecule has 3 heterocycles. The van der Waals surface area contributed by atoms with Gasteiger partial charge in [0.25, 0.3) is 5.91 Å². The zero-order chi connectivity index (χ0) is 21.2. The van der Waals surface area contributed by atoms with E-state index in [1.165, 1.54) is 0 Å². The lowest BCUT2D eigenvalue weighted by atomic mass is 10.2. The van der Waals surface area contributed by atoms with Gasteiger partial charge in [0.15, 0.2) is 0 Å². The smallest absolute Gasteiger partial charge is 0.261 e. The summed E-state index contributed by atoms with van der Waals surface area (Å²) in [4.78, 5) is 20.2. The summed E-state index contributed by atoms with van der Waals surface area (Å²) in [5.74, 6) is 1.16. The molecule has 1 aliphatic heterocycles. The zero-order valence-corrected chi connectivity index (χ0v) is 17.4. The highest BCUT2D eigenvalue weighted by Gasteiger charge is 2.30. The van der Waals surface area contributed by atoms with Gasteiger partial charge in [-0.1, -0.05) is 36.4 Å². The van der Waals surface area contributed by atoms with E-state index < -0.39 is 0 Å². The molecule has 6 nitrogen and oxygen atoms in total. The molecule has 0 bridgehead atoms. The average Bonchev–Trinajstić information content (AvgIpc) is 3.15. The van der Waals surface area contributed by atoms with Crippen molar-refractivity contribution in [2.24, 2.45) is 0 Å². The van der Waals surface area contributed by atoms with Crippen LogP contribution in [0.25, 0.3) is 16.7 Å². The fraction of sp³-hybridized carbons (Fsp3) is 0.200. The number of benzene rings is 2. The summed E-state index contributed by atoms with van der Waals surface area (Å²) in [5.41, 5.74) is 3.92. The number of hydrogen-bond donors (Lipinski definition) is 1. The van der Waals surface area contributed by atoms with Gasteiger partial charge >= 0.3 is 0 Å². The molecule has 0 unspecified atom stereocenters. The first-order valence-corrected chi connectivity index (χ1v) is 10.5. The minimum Gasteiger partial charge on any atom is -0.439 e. The van der Waals surface area contributed by atoms with E-state index in [1.807, 2.05) is 83.1 Å². The van der Waals surface area contributed by atoms with Gasteiger partial charge in [-0.25, -0.2) is 0 Å². The Morgan fingerprint density at radius 2 is 1.71 bits per heavy atom. The van der Waals surface area contributed by atoms with Gasteiger partial charge in [0, 0.05) is 38.1 Å². The molecule has 2 aromatic heterocycles. The highest BCUT2D eigenvalue weighted by atomic mass is 16.5. The molecule has 1 amide bonds. The number of nitrogens with zero attached hydrogens (tertiary/aromatic N) is 3. The number of aryl methyl sites for hydroxylation is 1. The van der Waals surface area contributed by atoms with Crippen molar-refractivity contribution in [2.75, 3.05) is 26.2 Å². The van der Waals surface area contributed by atoms with Crippen molar-refractivity contribution in [1.29, 1.82) is 0 Å². The molecule has 4 aromatic rings. The van der Waals surface area contributed by atoms with Crippen molar-refractivity contribution >= 4 is 16.9 Å². The molecule has 0 aliphatic carbocycles. The molecule has 6 heteroatoms. The Morgan fingerprint density at radius 3 is 2.48 bits per heavy atom. The molecule has 1 saturated heterocycles. The normalized spacial score (nSPS) is 14.0. The number of piperazine rings is 1. The van der Waals surface area contributed by atoms with Crippen LogP contribution in [0.15, 0.2) is 72.9 Å². The van der Waals surface area contributed by atoms with Crippen molar-refractivity contribution in [1.82, 2.24) is 19.8 Å². The number of amides is 1. The minimum absolute atomic E-state index is 0.0523. The van der Waals surface area contributed by atoms with Crippen molar-refractivity contribution in [3.63, 3.8) is 0 Å². The van der Waals surface area contributed by atoms with Crippen molar-refractivity contribution in [3.05, 3.63) is 84.1 Å². The van der Waals surface area contributed by atoms with Crippen LogP contribution in [0.5, 0.6) is 11.6 Å². The molecule has 156 valence electrons. The van der Waals surface area contributed by atoms with Crippen LogP contribution in [0.1, 0.15) is 15.9 Å². The summed E-state index contributed by atoms with van der Waals surface area (Å²) in [6, 6.07) is 21.7. The van der Waals surface area contributed by atoms with Crippen LogP contribution in [0, 0.1) is 6.92 Å². The maximum atomic E-state index is 13.7. The van der Waals surface area contributed by atoms with Crippen LogP contribution < -0.4 is 10.1 Å². The lowest BCUT2D eigenvalue weighted by molar-refractivity contribution is 0.0734. The van der Waals surface area contributed by atoms with Crippen LogP contribution in [0.3, 0.4) is 0 Å². The maximum absolute atomic E-state index is 13.7. The van der Waals surface area contributed by atoms with Crippen LogP contribution in [0.4, 0.5) is 0 Å². The summed E-state index contributed by atoms with van der Waals surface area (Å²) < 4.78 is 8.47. The van der Waals surface area contributed by atoms with E-state index in [2.05, 4.69) is 10.3 Å². The van der Waals surface area contributed by atoms with Gasteiger partial charge < -0.3 is 15.0 Å². The molecule has 1 aliphatic rings. The average molecular weight is 412 g/mol. The van der Waals surface area contributed by atoms with Gasteiger partial charge in [-0.15, -0.1) is 0 Å². The second-order valence-electron chi connectivity index (χ2n) is 7.63. The van der Waals surface area contributed by atoms with Gasteiger partial charge in [-0.05, 0) is 42.8 Å². The number of nitrogens with one attached hydrogen (secondary N) is 1. The summed E-state index contributed by atoms with van der Waals surface area (Å²) in [6.45, 7) is 4.89. The minimum atomic E-state index is -0.0523. The number of carbonyl (C=O) groups is 1. The van der Waals surface area contributed by atoms with Crippen LogP contribution >= 0.6 is 0 Å². The molecule has 0 saturated carbocycles. The molecular formula is C25H24N4O2. The van der Waals surface area contributed by atoms with E-state index in [0.29, 0.717) is 30.0 Å². The lowest BCUT2D eigenvalue weighted by Crippen LogP contribution is -2.46. The van der Waals surface area contributed by atoms with E-state index >= 15 is 0 Å². The van der Waals surface area contributed by atoms with Crippen LogP contribution in [-0.4, -0.2) is 46.5 Å². The van der Waals surface area contributed by atoms with E-state index in [9.17, 15) is 4.79 Å². The molecular weight excluding hydrogens is 388 g/mol. The number of pyridine rings is 1. The largest absolute Gasteiger partial charge is 0.439 e. The van der Waals surface area contributed by atoms with E-state index in [4.69, 9.17) is 4.74 Å². The third-order valence-corrected chi connectivity index (χ3v) is 5.61. The van der Waals surface area contributed by atoms with Gasteiger partial charge in [0.2, 0.25) is 5.88 Å². The summed E-state index contributed by atoms with van der Waals surface area (Å²) in [5, 5.41) is 3.31. The standard InChI is InChI=1S/C25H24N4O2/c1-18-8-5-6-12-21(18)31-25-22(24(30)28-16-14-26-15-17-28)23-20(11-7-13-27-23)29(25)19-9-3-2-4-10-19/h2-13,26H,14-17H2,1H3. The first kappa shape index (κ1) is 19.3. The lowest BCUT2D eigenvalue weighted by Gasteiger charge is -2.27. The molecule has 2 aromatic carbocycles. The predicted octanol–water partition coefficient (Wildman–Crippen LogP) is 4.17. The first-order valence-electron chi connectivity index (χ1n) is 10.5. The highest BCUT2D eigenvalue weighted by molar-refractivity contribution is 6.09. The van der Waals surface area contributed by atoms with Crippen molar-refractivity contribution in [2.45, 2.75) is 6.92 Å². The SMILES string of the molecule is Cc1ccccc1Oc1c(C(=O)N2CCNCC2)c2ncccc2n1-c1ccccc1. The Hall–Kier alpha value is -3.64. The van der Waals surface area contributed by atoms with Gasteiger partial charge in [-0.2, -0.15) is 0 Å². The number of hydrogen-bond acceptors (Lipinski definition) is 4. The molecule has 1 N–H and O–H groups in total. The quantitative estimate of drug-likeness (QED) is 0.547. The maximum Gasteiger partial charge on any atom is 0.261 e. The Labute approximate surface area is 181 Å². The van der Waals surface area contributed by atoms with Crippen LogP contribution in [-0.2, 0) is 0 Å². The fourth-order valence-electron chi connectivity index (χ4n) is 4.02. The summed E-state index contributed by atoms with van der Waals surface area (Å²) in [6.07, 6.45) is 1.73. The topological polar surface area (TPSA) is 59.4 Å². The third kappa shape index (κ3) is 3.55. The van der Waals surface area contributed by atoms with E-state index in [0.717, 1.165) is 35.6 Å². The van der Waals surface area contributed by atoms with Gasteiger partial charge in [0.1, 0.15) is 16.8 Å². The monoisotopic (exact) mass is 412 g/mol. The fourth-order valence-corrected chi connectivity index (χ4v) is 4.02. The number of fused-ring (bicyclic) bond motifs is 1. The Morgan fingerprint density at radius 1 is 0.968 bits per heavy atom. The Balaban J connectivity index is 1.76. The molecule has 0 atom stereocenters. The number of para-hydroxylation sites is 2. The van der Waals surface area contributed by atoms with Crippen molar-refractivity contribution < 1.29 is 9.53 Å². The molecule has 0 spiro atoms. The molecule has 5 rings (SSSR count). The van der Waals surface area contributed by atoms with E-state index in [-0.39, 0.29) is 5.91 Å². The Kier molecular flexibility index (Phi) is 5.14. The molecule has 1 fully saturated rings. The van der Waals surface area contributed by atoms with Gasteiger partial charge in [0.05, 0.1) is 5.52 Å². The van der Waals surface area contributed by atoms with Crippen molar-refractivity contribution in [3.8, 4) is 17.3 Å². The summed E-state index contributed by atoms with van der Waals surface area (Å²) >= 11 is 0. The number of ether oxygens (including phenoxy) is 1. The highest BCUT2D eigenvalue weighted by Crippen LogP contribution is 2.38. The first-order chi connectivity index (χ1) is 15.2.